The zero-order valence-electron chi connectivity index (χ0n) is 13.2. The molecule has 2 saturated heterocycles. The normalized spacial score (nSPS) is 26.1. The van der Waals surface area contributed by atoms with Crippen molar-refractivity contribution in [3.8, 4) is 0 Å². The lowest BCUT2D eigenvalue weighted by molar-refractivity contribution is 0.0774. The molecule has 122 valence electrons. The molecular weight excluding hydrogens is 300 g/mol. The predicted molar refractivity (Wildman–Crippen MR) is 89.6 cm³/mol. The largest absolute Gasteiger partial charge is 0.390 e. The van der Waals surface area contributed by atoms with Crippen LogP contribution in [0.3, 0.4) is 0 Å². The molecule has 2 aliphatic heterocycles. The molecule has 0 spiro atoms. The van der Waals surface area contributed by atoms with Crippen molar-refractivity contribution in [3.05, 3.63) is 23.4 Å². The molecule has 1 aromatic heterocycles. The van der Waals surface area contributed by atoms with Gasteiger partial charge in [-0.1, -0.05) is 11.6 Å². The molecule has 1 N–H and O–H groups in total. The van der Waals surface area contributed by atoms with Gasteiger partial charge in [0.05, 0.1) is 11.1 Å². The number of halogens is 1. The number of hydrogen-bond acceptors (Lipinski definition) is 5. The molecule has 0 amide bonds. The first kappa shape index (κ1) is 16.0. The number of piperidine rings is 1. The van der Waals surface area contributed by atoms with Gasteiger partial charge in [0.1, 0.15) is 5.82 Å². The van der Waals surface area contributed by atoms with Crippen molar-refractivity contribution >= 4 is 17.4 Å². The van der Waals surface area contributed by atoms with Gasteiger partial charge in [0.15, 0.2) is 0 Å². The van der Waals surface area contributed by atoms with Crippen molar-refractivity contribution < 1.29 is 5.11 Å². The number of nitrogens with zero attached hydrogens (tertiary/aromatic N) is 4. The van der Waals surface area contributed by atoms with E-state index in [0.29, 0.717) is 17.6 Å². The van der Waals surface area contributed by atoms with Crippen LogP contribution in [0.2, 0.25) is 5.02 Å². The summed E-state index contributed by atoms with van der Waals surface area (Å²) in [6.07, 6.45) is 3.77. The lowest BCUT2D eigenvalue weighted by atomic mass is 10.0. The van der Waals surface area contributed by atoms with Gasteiger partial charge in [-0.15, -0.1) is 0 Å². The van der Waals surface area contributed by atoms with E-state index in [0.717, 1.165) is 38.5 Å². The Bertz CT molecular complexity index is 493. The molecule has 22 heavy (non-hydrogen) atoms. The summed E-state index contributed by atoms with van der Waals surface area (Å²) in [6.45, 7) is 5.45. The summed E-state index contributed by atoms with van der Waals surface area (Å²) < 4.78 is 0. The molecule has 5 nitrogen and oxygen atoms in total. The van der Waals surface area contributed by atoms with Crippen LogP contribution in [0.1, 0.15) is 12.8 Å². The molecule has 0 bridgehead atoms. The summed E-state index contributed by atoms with van der Waals surface area (Å²) in [6, 6.07) is 4.28. The second kappa shape index (κ2) is 7.13. The third kappa shape index (κ3) is 3.71. The third-order valence-electron chi connectivity index (χ3n) is 4.78. The average molecular weight is 325 g/mol. The first-order valence-corrected chi connectivity index (χ1v) is 8.47. The molecule has 0 radical (unpaired) electrons. The molecule has 0 aromatic carbocycles. The van der Waals surface area contributed by atoms with Crippen molar-refractivity contribution in [1.82, 2.24) is 14.8 Å². The first-order chi connectivity index (χ1) is 10.6. The molecule has 0 saturated carbocycles. The Balaban J connectivity index is 1.67. The fourth-order valence-electron chi connectivity index (χ4n) is 3.51. The van der Waals surface area contributed by atoms with Gasteiger partial charge in [-0.2, -0.15) is 0 Å². The first-order valence-electron chi connectivity index (χ1n) is 8.09. The van der Waals surface area contributed by atoms with Crippen LogP contribution in [0, 0.1) is 0 Å². The van der Waals surface area contributed by atoms with Crippen molar-refractivity contribution in [2.75, 3.05) is 51.2 Å². The van der Waals surface area contributed by atoms with E-state index in [9.17, 15) is 5.11 Å². The summed E-state index contributed by atoms with van der Waals surface area (Å²) in [7, 11) is 2.18. The minimum atomic E-state index is -0.361. The van der Waals surface area contributed by atoms with E-state index >= 15 is 0 Å². The summed E-state index contributed by atoms with van der Waals surface area (Å²) in [5.41, 5.74) is 0. The molecule has 6 heteroatoms. The van der Waals surface area contributed by atoms with Gasteiger partial charge in [0.2, 0.25) is 0 Å². The Hall–Kier alpha value is -0.880. The predicted octanol–water partition coefficient (Wildman–Crippen LogP) is 1.31. The van der Waals surface area contributed by atoms with E-state index in [1.165, 1.54) is 12.8 Å². The molecular formula is C16H25ClN4O. The monoisotopic (exact) mass is 324 g/mol. The molecule has 1 atom stereocenters. The number of β-amino-alcohol motifs (C(OH)–C–C–N with tert-alkyl or cyclic N) is 1. The zero-order chi connectivity index (χ0) is 15.5. The maximum Gasteiger partial charge on any atom is 0.147 e. The van der Waals surface area contributed by atoms with E-state index in [1.807, 2.05) is 12.1 Å². The van der Waals surface area contributed by atoms with Crippen molar-refractivity contribution in [2.45, 2.75) is 25.0 Å². The molecule has 0 aliphatic carbocycles. The topological polar surface area (TPSA) is 42.8 Å². The Morgan fingerprint density at radius 3 is 2.68 bits per heavy atom. The second-order valence-electron chi connectivity index (χ2n) is 6.44. The zero-order valence-corrected chi connectivity index (χ0v) is 13.9. The Morgan fingerprint density at radius 2 is 1.95 bits per heavy atom. The summed E-state index contributed by atoms with van der Waals surface area (Å²) in [5.74, 6) is 0.786. The summed E-state index contributed by atoms with van der Waals surface area (Å²) in [4.78, 5) is 11.3. The number of rotatable bonds is 2. The van der Waals surface area contributed by atoms with Crippen LogP contribution in [0.4, 0.5) is 5.82 Å². The van der Waals surface area contributed by atoms with Crippen molar-refractivity contribution in [3.63, 3.8) is 0 Å². The van der Waals surface area contributed by atoms with E-state index in [2.05, 4.69) is 26.7 Å². The lowest BCUT2D eigenvalue weighted by Gasteiger charge is -2.37. The quantitative estimate of drug-likeness (QED) is 0.888. The lowest BCUT2D eigenvalue weighted by Crippen LogP contribution is -2.46. The Kier molecular flexibility index (Phi) is 5.18. The minimum absolute atomic E-state index is 0.361. The molecule has 2 fully saturated rings. The maximum atomic E-state index is 10.4. The Labute approximate surface area is 137 Å². The Morgan fingerprint density at radius 1 is 1.18 bits per heavy atom. The van der Waals surface area contributed by atoms with Gasteiger partial charge in [-0.05, 0) is 45.1 Å². The molecule has 2 aliphatic rings. The minimum Gasteiger partial charge on any atom is -0.390 e. The van der Waals surface area contributed by atoms with Crippen LogP contribution in [-0.2, 0) is 0 Å². The van der Waals surface area contributed by atoms with E-state index in [4.69, 9.17) is 11.6 Å². The molecule has 1 unspecified atom stereocenters. The van der Waals surface area contributed by atoms with Crippen LogP contribution >= 0.6 is 11.6 Å². The van der Waals surface area contributed by atoms with Crippen molar-refractivity contribution in [2.24, 2.45) is 0 Å². The van der Waals surface area contributed by atoms with Crippen LogP contribution in [-0.4, -0.2) is 78.4 Å². The standard InChI is InChI=1S/C16H25ClN4O/c1-19-7-4-13(5-8-19)20-9-10-21(12-14(22)11-20)16-15(17)3-2-6-18-16/h2-3,6,13-14,22H,4-5,7-12H2,1H3. The number of hydrogen-bond donors (Lipinski definition) is 1. The van der Waals surface area contributed by atoms with Crippen LogP contribution in [0.15, 0.2) is 18.3 Å². The highest BCUT2D eigenvalue weighted by atomic mass is 35.5. The van der Waals surface area contributed by atoms with Gasteiger partial charge in [-0.25, -0.2) is 4.98 Å². The number of aliphatic hydroxyl groups is 1. The van der Waals surface area contributed by atoms with Gasteiger partial charge < -0.3 is 14.9 Å². The maximum absolute atomic E-state index is 10.4. The van der Waals surface area contributed by atoms with Gasteiger partial charge >= 0.3 is 0 Å². The highest BCUT2D eigenvalue weighted by Gasteiger charge is 2.29. The average Bonchev–Trinajstić information content (AvgIpc) is 2.70. The van der Waals surface area contributed by atoms with E-state index in [-0.39, 0.29) is 6.10 Å². The molecule has 3 heterocycles. The molecule has 3 rings (SSSR count). The van der Waals surface area contributed by atoms with E-state index < -0.39 is 0 Å². The van der Waals surface area contributed by atoms with E-state index in [1.54, 1.807) is 6.20 Å². The highest BCUT2D eigenvalue weighted by molar-refractivity contribution is 6.32. The number of likely N-dealkylation sites (tertiary alicyclic amines) is 1. The van der Waals surface area contributed by atoms with Gasteiger partial charge in [-0.3, -0.25) is 4.90 Å². The highest BCUT2D eigenvalue weighted by Crippen LogP contribution is 2.25. The number of anilines is 1. The molecule has 1 aromatic rings. The fourth-order valence-corrected chi connectivity index (χ4v) is 3.75. The van der Waals surface area contributed by atoms with Crippen LogP contribution in [0.25, 0.3) is 0 Å². The van der Waals surface area contributed by atoms with Gasteiger partial charge in [0.25, 0.3) is 0 Å². The van der Waals surface area contributed by atoms with Gasteiger partial charge in [0, 0.05) is 38.4 Å². The summed E-state index contributed by atoms with van der Waals surface area (Å²) >= 11 is 6.25. The second-order valence-corrected chi connectivity index (χ2v) is 6.85. The third-order valence-corrected chi connectivity index (χ3v) is 5.07. The SMILES string of the molecule is CN1CCC(N2CCN(c3ncccc3Cl)CC(O)C2)CC1. The smallest absolute Gasteiger partial charge is 0.147 e. The number of aromatic nitrogens is 1. The summed E-state index contributed by atoms with van der Waals surface area (Å²) in [5, 5.41) is 11.1. The van der Waals surface area contributed by atoms with Crippen LogP contribution in [0.5, 0.6) is 0 Å². The number of aliphatic hydroxyl groups excluding tert-OH is 1. The number of pyridine rings is 1. The fraction of sp³-hybridized carbons (Fsp3) is 0.688. The van der Waals surface area contributed by atoms with Crippen LogP contribution < -0.4 is 4.90 Å². The van der Waals surface area contributed by atoms with Crippen molar-refractivity contribution in [1.29, 1.82) is 0 Å².